The van der Waals surface area contributed by atoms with Gasteiger partial charge in [-0.05, 0) is 43.8 Å². The first-order valence-corrected chi connectivity index (χ1v) is 8.37. The van der Waals surface area contributed by atoms with Gasteiger partial charge in [-0.1, -0.05) is 13.8 Å². The van der Waals surface area contributed by atoms with Gasteiger partial charge in [0.25, 0.3) is 0 Å². The van der Waals surface area contributed by atoms with Crippen molar-refractivity contribution in [1.29, 1.82) is 0 Å². The number of hydrogen-bond acceptors (Lipinski definition) is 4. The van der Waals surface area contributed by atoms with E-state index in [4.69, 9.17) is 0 Å². The molecular formula is C12H15Br2N3OS. The average Bonchev–Trinajstić information content (AvgIpc) is 2.85. The van der Waals surface area contributed by atoms with E-state index in [1.807, 2.05) is 10.7 Å². The SMILES string of the molecule is CC(C)Cn1ncnc1CC(O)c1cc(Br)sc1Br. The van der Waals surface area contributed by atoms with Crippen molar-refractivity contribution in [2.24, 2.45) is 5.92 Å². The third-order valence-corrected chi connectivity index (χ3v) is 5.04. The zero-order valence-electron chi connectivity index (χ0n) is 10.7. The van der Waals surface area contributed by atoms with Crippen molar-refractivity contribution in [2.75, 3.05) is 0 Å². The van der Waals surface area contributed by atoms with Crippen LogP contribution < -0.4 is 0 Å². The number of thiophene rings is 1. The fourth-order valence-electron chi connectivity index (χ4n) is 1.81. The monoisotopic (exact) mass is 407 g/mol. The van der Waals surface area contributed by atoms with Crippen molar-refractivity contribution in [3.63, 3.8) is 0 Å². The van der Waals surface area contributed by atoms with Crippen LogP contribution in [0.5, 0.6) is 0 Å². The van der Waals surface area contributed by atoms with Crippen molar-refractivity contribution >= 4 is 43.2 Å². The van der Waals surface area contributed by atoms with Gasteiger partial charge in [-0.3, -0.25) is 0 Å². The van der Waals surface area contributed by atoms with E-state index in [0.29, 0.717) is 12.3 Å². The largest absolute Gasteiger partial charge is 0.388 e. The molecule has 2 heterocycles. The molecule has 0 aromatic carbocycles. The van der Waals surface area contributed by atoms with Crippen molar-refractivity contribution in [3.8, 4) is 0 Å². The van der Waals surface area contributed by atoms with Gasteiger partial charge in [0.2, 0.25) is 0 Å². The molecule has 2 rings (SSSR count). The van der Waals surface area contributed by atoms with Crippen LogP contribution in [0, 0.1) is 5.92 Å². The molecule has 0 bridgehead atoms. The summed E-state index contributed by atoms with van der Waals surface area (Å²) in [5.74, 6) is 1.31. The zero-order valence-corrected chi connectivity index (χ0v) is 14.7. The van der Waals surface area contributed by atoms with Crippen LogP contribution in [0.2, 0.25) is 0 Å². The number of rotatable bonds is 5. The molecule has 19 heavy (non-hydrogen) atoms. The topological polar surface area (TPSA) is 50.9 Å². The lowest BCUT2D eigenvalue weighted by Gasteiger charge is -2.12. The maximum absolute atomic E-state index is 10.3. The van der Waals surface area contributed by atoms with Gasteiger partial charge < -0.3 is 5.11 Å². The van der Waals surface area contributed by atoms with Crippen molar-refractivity contribution in [1.82, 2.24) is 14.8 Å². The Balaban J connectivity index is 2.13. The van der Waals surface area contributed by atoms with E-state index >= 15 is 0 Å². The fraction of sp³-hybridized carbons (Fsp3) is 0.500. The third kappa shape index (κ3) is 3.87. The molecule has 0 radical (unpaired) electrons. The Morgan fingerprint density at radius 2 is 2.16 bits per heavy atom. The van der Waals surface area contributed by atoms with Crippen molar-refractivity contribution < 1.29 is 5.11 Å². The summed E-state index contributed by atoms with van der Waals surface area (Å²) < 4.78 is 3.81. The smallest absolute Gasteiger partial charge is 0.138 e. The normalized spacial score (nSPS) is 13.2. The molecule has 7 heteroatoms. The Labute approximate surface area is 133 Å². The summed E-state index contributed by atoms with van der Waals surface area (Å²) in [6, 6.07) is 1.93. The van der Waals surface area contributed by atoms with Crippen LogP contribution in [-0.2, 0) is 13.0 Å². The molecule has 4 nitrogen and oxygen atoms in total. The lowest BCUT2D eigenvalue weighted by molar-refractivity contribution is 0.173. The molecule has 1 N–H and O–H groups in total. The van der Waals surface area contributed by atoms with Crippen LogP contribution in [0.1, 0.15) is 31.3 Å². The quantitative estimate of drug-likeness (QED) is 0.818. The van der Waals surface area contributed by atoms with Crippen LogP contribution in [0.25, 0.3) is 0 Å². The minimum absolute atomic E-state index is 0.467. The molecular weight excluding hydrogens is 394 g/mol. The highest BCUT2D eigenvalue weighted by atomic mass is 79.9. The van der Waals surface area contributed by atoms with E-state index in [-0.39, 0.29) is 0 Å². The average molecular weight is 409 g/mol. The predicted molar refractivity (Wildman–Crippen MR) is 83.2 cm³/mol. The summed E-state index contributed by atoms with van der Waals surface area (Å²) in [4.78, 5) is 4.24. The van der Waals surface area contributed by atoms with E-state index < -0.39 is 6.10 Å². The van der Waals surface area contributed by atoms with Gasteiger partial charge in [0.05, 0.1) is 13.7 Å². The predicted octanol–water partition coefficient (Wildman–Crippen LogP) is 3.80. The van der Waals surface area contributed by atoms with E-state index in [1.54, 1.807) is 17.7 Å². The van der Waals surface area contributed by atoms with Crippen LogP contribution in [0.3, 0.4) is 0 Å². The lowest BCUT2D eigenvalue weighted by Crippen LogP contribution is -2.13. The number of hydrogen-bond donors (Lipinski definition) is 1. The number of nitrogens with zero attached hydrogens (tertiary/aromatic N) is 3. The molecule has 2 aromatic heterocycles. The maximum Gasteiger partial charge on any atom is 0.138 e. The van der Waals surface area contributed by atoms with Crippen LogP contribution in [0.4, 0.5) is 0 Å². The first-order valence-electron chi connectivity index (χ1n) is 5.97. The standard InChI is InChI=1S/C12H15Br2N3OS/c1-7(2)5-17-11(15-6-16-17)4-9(18)8-3-10(13)19-12(8)14/h3,6-7,9,18H,4-5H2,1-2H3. The summed E-state index contributed by atoms with van der Waals surface area (Å²) in [5, 5.41) is 14.5. The third-order valence-electron chi connectivity index (χ3n) is 2.65. The Morgan fingerprint density at radius 3 is 2.74 bits per heavy atom. The van der Waals surface area contributed by atoms with Gasteiger partial charge in [-0.2, -0.15) is 5.10 Å². The Hall–Kier alpha value is -0.240. The minimum Gasteiger partial charge on any atom is -0.388 e. The second kappa shape index (κ2) is 6.47. The van der Waals surface area contributed by atoms with Gasteiger partial charge >= 0.3 is 0 Å². The molecule has 0 aliphatic rings. The minimum atomic E-state index is -0.577. The van der Waals surface area contributed by atoms with Crippen molar-refractivity contribution in [2.45, 2.75) is 32.9 Å². The number of aromatic nitrogens is 3. The molecule has 0 saturated carbocycles. The van der Waals surface area contributed by atoms with Crippen LogP contribution in [-0.4, -0.2) is 19.9 Å². The van der Waals surface area contributed by atoms with Gasteiger partial charge in [-0.15, -0.1) is 11.3 Å². The summed E-state index contributed by atoms with van der Waals surface area (Å²) in [6.45, 7) is 5.08. The molecule has 1 atom stereocenters. The van der Waals surface area contributed by atoms with E-state index in [9.17, 15) is 5.11 Å². The van der Waals surface area contributed by atoms with Gasteiger partial charge in [0.1, 0.15) is 12.2 Å². The van der Waals surface area contributed by atoms with Crippen LogP contribution in [0.15, 0.2) is 20.0 Å². The van der Waals surface area contributed by atoms with Crippen molar-refractivity contribution in [3.05, 3.63) is 31.4 Å². The molecule has 0 amide bonds. The second-order valence-electron chi connectivity index (χ2n) is 4.75. The second-order valence-corrected chi connectivity index (χ2v) is 8.50. The molecule has 0 aliphatic heterocycles. The lowest BCUT2D eigenvalue weighted by atomic mass is 10.1. The molecule has 0 spiro atoms. The molecule has 0 saturated heterocycles. The molecule has 2 aromatic rings. The first kappa shape index (κ1) is 15.2. The van der Waals surface area contributed by atoms with Gasteiger partial charge in [-0.25, -0.2) is 9.67 Å². The number of halogens is 2. The summed E-state index contributed by atoms with van der Waals surface area (Å²) in [6.07, 6.45) is 1.43. The summed E-state index contributed by atoms with van der Waals surface area (Å²) in [7, 11) is 0. The summed E-state index contributed by atoms with van der Waals surface area (Å²) >= 11 is 8.44. The van der Waals surface area contributed by atoms with Gasteiger partial charge in [0, 0.05) is 18.5 Å². The molecule has 0 fully saturated rings. The molecule has 0 aliphatic carbocycles. The molecule has 104 valence electrons. The van der Waals surface area contributed by atoms with E-state index in [0.717, 1.165) is 25.5 Å². The van der Waals surface area contributed by atoms with E-state index in [2.05, 4.69) is 55.8 Å². The maximum atomic E-state index is 10.3. The van der Waals surface area contributed by atoms with E-state index in [1.165, 1.54) is 0 Å². The first-order chi connectivity index (χ1) is 8.97. The highest BCUT2D eigenvalue weighted by Crippen LogP contribution is 2.36. The Bertz CT molecular complexity index is 553. The highest BCUT2D eigenvalue weighted by Gasteiger charge is 2.18. The highest BCUT2D eigenvalue weighted by molar-refractivity contribution is 9.12. The Kier molecular flexibility index (Phi) is 5.16. The van der Waals surface area contributed by atoms with Gasteiger partial charge in [0.15, 0.2) is 0 Å². The summed E-state index contributed by atoms with van der Waals surface area (Å²) in [5.41, 5.74) is 0.885. The number of aliphatic hydroxyl groups is 1. The number of aliphatic hydroxyl groups excluding tert-OH is 1. The fourth-order valence-corrected chi connectivity index (χ4v) is 4.76. The zero-order chi connectivity index (χ0) is 14.0. The molecule has 1 unspecified atom stereocenters. The van der Waals surface area contributed by atoms with Crippen LogP contribution >= 0.6 is 43.2 Å². The Morgan fingerprint density at radius 1 is 1.42 bits per heavy atom.